The molecule has 2 aliphatic heterocycles. The molecule has 2 aromatic rings. The highest BCUT2D eigenvalue weighted by atomic mass is 15.3. The monoisotopic (exact) mass is 215 g/mol. The van der Waals surface area contributed by atoms with Crippen LogP contribution in [0.1, 0.15) is 31.0 Å². The molecule has 4 heterocycles. The first-order valence-electron chi connectivity index (χ1n) is 5.82. The van der Waals surface area contributed by atoms with Crippen molar-refractivity contribution in [3.8, 4) is 0 Å². The number of hydrogen-bond donors (Lipinski definition) is 1. The summed E-state index contributed by atoms with van der Waals surface area (Å²) in [6, 6.07) is 1.30. The van der Waals surface area contributed by atoms with Crippen molar-refractivity contribution in [2.75, 3.05) is 0 Å². The van der Waals surface area contributed by atoms with E-state index < -0.39 is 0 Å². The minimum atomic E-state index is 0.524. The van der Waals surface area contributed by atoms with Gasteiger partial charge in [0.1, 0.15) is 5.82 Å². The number of rotatable bonds is 1. The highest BCUT2D eigenvalue weighted by Gasteiger charge is 2.41. The molecule has 16 heavy (non-hydrogen) atoms. The molecule has 0 aromatic carbocycles. The van der Waals surface area contributed by atoms with Crippen LogP contribution in [-0.4, -0.2) is 31.7 Å². The van der Waals surface area contributed by atoms with Gasteiger partial charge in [-0.25, -0.2) is 0 Å². The molecule has 5 nitrogen and oxygen atoms in total. The van der Waals surface area contributed by atoms with Gasteiger partial charge in [-0.3, -0.25) is 9.38 Å². The minimum absolute atomic E-state index is 0.524. The van der Waals surface area contributed by atoms with Gasteiger partial charge < -0.3 is 5.32 Å². The van der Waals surface area contributed by atoms with Crippen molar-refractivity contribution in [2.24, 2.45) is 0 Å². The molecule has 2 saturated heterocycles. The number of hydrogen-bond acceptors (Lipinski definition) is 4. The maximum Gasteiger partial charge on any atom is 0.179 e. The summed E-state index contributed by atoms with van der Waals surface area (Å²) in [4.78, 5) is 4.06. The molecule has 0 amide bonds. The fourth-order valence-corrected chi connectivity index (χ4v) is 3.13. The van der Waals surface area contributed by atoms with Crippen molar-refractivity contribution in [2.45, 2.75) is 37.3 Å². The van der Waals surface area contributed by atoms with Gasteiger partial charge in [0.2, 0.25) is 0 Å². The summed E-state index contributed by atoms with van der Waals surface area (Å²) >= 11 is 0. The molecule has 4 rings (SSSR count). The van der Waals surface area contributed by atoms with Gasteiger partial charge in [-0.15, -0.1) is 10.2 Å². The van der Waals surface area contributed by atoms with Crippen molar-refractivity contribution < 1.29 is 0 Å². The molecule has 82 valence electrons. The lowest BCUT2D eigenvalue weighted by Crippen LogP contribution is -2.22. The number of nitrogens with one attached hydrogen (secondary N) is 1. The SMILES string of the molecule is c1cn2c(C3CC4CCC3N4)nnc2cn1. The lowest BCUT2D eigenvalue weighted by atomic mass is 9.88. The Hall–Kier alpha value is -1.49. The number of nitrogens with zero attached hydrogens (tertiary/aromatic N) is 4. The first-order chi connectivity index (χ1) is 7.92. The zero-order chi connectivity index (χ0) is 10.5. The Balaban J connectivity index is 1.82. The smallest absolute Gasteiger partial charge is 0.179 e. The van der Waals surface area contributed by atoms with Gasteiger partial charge >= 0.3 is 0 Å². The van der Waals surface area contributed by atoms with Gasteiger partial charge in [-0.05, 0) is 19.3 Å². The maximum absolute atomic E-state index is 4.33. The summed E-state index contributed by atoms with van der Waals surface area (Å²) in [6.07, 6.45) is 9.30. The Morgan fingerprint density at radius 1 is 1.31 bits per heavy atom. The minimum Gasteiger partial charge on any atom is -0.310 e. The Labute approximate surface area is 92.9 Å². The summed E-state index contributed by atoms with van der Waals surface area (Å²) < 4.78 is 2.07. The molecule has 0 saturated carbocycles. The quantitative estimate of drug-likeness (QED) is 0.762. The van der Waals surface area contributed by atoms with Crippen LogP contribution in [0.4, 0.5) is 0 Å². The van der Waals surface area contributed by atoms with E-state index in [1.165, 1.54) is 19.3 Å². The van der Waals surface area contributed by atoms with Crippen LogP contribution in [-0.2, 0) is 0 Å². The van der Waals surface area contributed by atoms with Gasteiger partial charge in [0, 0.05) is 30.4 Å². The summed E-state index contributed by atoms with van der Waals surface area (Å²) in [6.45, 7) is 0. The second kappa shape index (κ2) is 3.01. The normalized spacial score (nSPS) is 32.6. The molecular formula is C11H13N5. The summed E-state index contributed by atoms with van der Waals surface area (Å²) in [5, 5.41) is 12.1. The van der Waals surface area contributed by atoms with Gasteiger partial charge in [-0.2, -0.15) is 0 Å². The van der Waals surface area contributed by atoms with Crippen LogP contribution in [0.5, 0.6) is 0 Å². The molecule has 1 N–H and O–H groups in total. The van der Waals surface area contributed by atoms with E-state index >= 15 is 0 Å². The Kier molecular flexibility index (Phi) is 1.62. The van der Waals surface area contributed by atoms with Gasteiger partial charge in [0.15, 0.2) is 5.65 Å². The Morgan fingerprint density at radius 2 is 2.31 bits per heavy atom. The maximum atomic E-state index is 4.33. The third-order valence-corrected chi connectivity index (χ3v) is 3.87. The Morgan fingerprint density at radius 3 is 3.12 bits per heavy atom. The second-order valence-electron chi connectivity index (χ2n) is 4.75. The van der Waals surface area contributed by atoms with E-state index in [0.717, 1.165) is 11.5 Å². The molecule has 3 atom stereocenters. The summed E-state index contributed by atoms with van der Waals surface area (Å²) in [5.41, 5.74) is 0.847. The highest BCUT2D eigenvalue weighted by Crippen LogP contribution is 2.39. The van der Waals surface area contributed by atoms with E-state index in [9.17, 15) is 0 Å². The molecular weight excluding hydrogens is 202 g/mol. The van der Waals surface area contributed by atoms with Crippen molar-refractivity contribution in [3.05, 3.63) is 24.4 Å². The van der Waals surface area contributed by atoms with Crippen LogP contribution in [0.15, 0.2) is 18.6 Å². The number of fused-ring (bicyclic) bond motifs is 3. The van der Waals surface area contributed by atoms with Crippen LogP contribution < -0.4 is 5.32 Å². The second-order valence-corrected chi connectivity index (χ2v) is 4.75. The third-order valence-electron chi connectivity index (χ3n) is 3.87. The summed E-state index contributed by atoms with van der Waals surface area (Å²) in [7, 11) is 0. The van der Waals surface area contributed by atoms with Crippen LogP contribution in [0.25, 0.3) is 5.65 Å². The first kappa shape index (κ1) is 8.64. The molecule has 0 spiro atoms. The largest absolute Gasteiger partial charge is 0.310 e. The van der Waals surface area contributed by atoms with Crippen LogP contribution >= 0.6 is 0 Å². The van der Waals surface area contributed by atoms with Crippen LogP contribution in [0, 0.1) is 0 Å². The molecule has 0 radical (unpaired) electrons. The average Bonchev–Trinajstić information content (AvgIpc) is 3.03. The van der Waals surface area contributed by atoms with E-state index in [2.05, 4.69) is 24.9 Å². The van der Waals surface area contributed by atoms with Crippen molar-refractivity contribution in [3.63, 3.8) is 0 Å². The van der Waals surface area contributed by atoms with Gasteiger partial charge in [-0.1, -0.05) is 0 Å². The lowest BCUT2D eigenvalue weighted by molar-refractivity contribution is 0.483. The molecule has 0 aliphatic carbocycles. The highest BCUT2D eigenvalue weighted by molar-refractivity contribution is 5.35. The van der Waals surface area contributed by atoms with E-state index in [1.54, 1.807) is 12.4 Å². The predicted octanol–water partition coefficient (Wildman–Crippen LogP) is 0.732. The van der Waals surface area contributed by atoms with E-state index in [0.29, 0.717) is 18.0 Å². The van der Waals surface area contributed by atoms with Gasteiger partial charge in [0.05, 0.1) is 6.20 Å². The zero-order valence-electron chi connectivity index (χ0n) is 8.87. The lowest BCUT2D eigenvalue weighted by Gasteiger charge is -2.17. The van der Waals surface area contributed by atoms with Crippen LogP contribution in [0.3, 0.4) is 0 Å². The predicted molar refractivity (Wildman–Crippen MR) is 58.1 cm³/mol. The van der Waals surface area contributed by atoms with Gasteiger partial charge in [0.25, 0.3) is 0 Å². The fraction of sp³-hybridized carbons (Fsp3) is 0.545. The zero-order valence-corrected chi connectivity index (χ0v) is 8.87. The molecule has 2 aromatic heterocycles. The third kappa shape index (κ3) is 1.06. The van der Waals surface area contributed by atoms with Crippen molar-refractivity contribution in [1.82, 2.24) is 24.9 Å². The van der Waals surface area contributed by atoms with E-state index in [1.807, 2.05) is 6.20 Å². The fourth-order valence-electron chi connectivity index (χ4n) is 3.13. The van der Waals surface area contributed by atoms with E-state index in [4.69, 9.17) is 0 Å². The van der Waals surface area contributed by atoms with E-state index in [-0.39, 0.29) is 0 Å². The van der Waals surface area contributed by atoms with Crippen molar-refractivity contribution in [1.29, 1.82) is 0 Å². The standard InChI is InChI=1S/C11H13N5/c1-2-9-8(5-7(1)13-9)11-15-14-10-6-12-3-4-16(10)11/h3-4,6-9,13H,1-2,5H2. The molecule has 2 aliphatic rings. The number of aromatic nitrogens is 4. The Bertz CT molecular complexity index is 534. The summed E-state index contributed by atoms with van der Waals surface area (Å²) in [5.74, 6) is 1.62. The molecule has 2 bridgehead atoms. The molecule has 3 unspecified atom stereocenters. The van der Waals surface area contributed by atoms with Crippen LogP contribution in [0.2, 0.25) is 0 Å². The first-order valence-corrected chi connectivity index (χ1v) is 5.82. The molecule has 2 fully saturated rings. The average molecular weight is 215 g/mol. The topological polar surface area (TPSA) is 55.1 Å². The van der Waals surface area contributed by atoms with Crippen molar-refractivity contribution >= 4 is 5.65 Å². The molecule has 5 heteroatoms.